The van der Waals surface area contributed by atoms with Crippen LogP contribution in [0.2, 0.25) is 0 Å². The molecule has 22 heavy (non-hydrogen) atoms. The molecular weight excluding hydrogens is 284 g/mol. The number of benzene rings is 2. The van der Waals surface area contributed by atoms with E-state index < -0.39 is 0 Å². The molecule has 1 heteroatoms. The summed E-state index contributed by atoms with van der Waals surface area (Å²) in [4.78, 5) is 2.89. The molecule has 0 saturated carbocycles. The summed E-state index contributed by atoms with van der Waals surface area (Å²) < 4.78 is 0. The standard InChI is InChI=1S/C21H22S/c1-16(2)13-14-20-19(17-9-5-3-6-10-17)15-21(22-20)18-11-7-4-8-12-18/h3-12,15-16H,13-14H2,1-2H3. The van der Waals surface area contributed by atoms with Gasteiger partial charge in [-0.1, -0.05) is 74.5 Å². The van der Waals surface area contributed by atoms with Crippen LogP contribution in [-0.2, 0) is 6.42 Å². The topological polar surface area (TPSA) is 0 Å². The van der Waals surface area contributed by atoms with Gasteiger partial charge >= 0.3 is 0 Å². The Bertz CT molecular complexity index is 708. The lowest BCUT2D eigenvalue weighted by Crippen LogP contribution is -1.91. The summed E-state index contributed by atoms with van der Waals surface area (Å²) in [5.41, 5.74) is 4.06. The van der Waals surface area contributed by atoms with Crippen LogP contribution in [0, 0.1) is 5.92 Å². The molecule has 3 rings (SSSR count). The van der Waals surface area contributed by atoms with E-state index in [0.29, 0.717) is 0 Å². The minimum absolute atomic E-state index is 0.742. The van der Waals surface area contributed by atoms with Crippen molar-refractivity contribution >= 4 is 11.3 Å². The molecule has 0 amide bonds. The molecule has 0 saturated heterocycles. The van der Waals surface area contributed by atoms with E-state index in [1.54, 1.807) is 0 Å². The monoisotopic (exact) mass is 306 g/mol. The first-order valence-corrected chi connectivity index (χ1v) is 8.79. The normalized spacial score (nSPS) is 11.0. The molecule has 0 unspecified atom stereocenters. The first-order chi connectivity index (χ1) is 10.7. The predicted octanol–water partition coefficient (Wildman–Crippen LogP) is 6.67. The van der Waals surface area contributed by atoms with Crippen molar-refractivity contribution < 1.29 is 0 Å². The van der Waals surface area contributed by atoms with E-state index in [0.717, 1.165) is 5.92 Å². The second-order valence-corrected chi connectivity index (χ2v) is 7.25. The highest BCUT2D eigenvalue weighted by molar-refractivity contribution is 7.16. The Labute approximate surface area is 137 Å². The highest BCUT2D eigenvalue weighted by Gasteiger charge is 2.12. The lowest BCUT2D eigenvalue weighted by Gasteiger charge is -2.06. The molecule has 1 heterocycles. The van der Waals surface area contributed by atoms with Crippen LogP contribution in [0.1, 0.15) is 25.1 Å². The number of rotatable bonds is 5. The fourth-order valence-corrected chi connectivity index (χ4v) is 3.84. The Morgan fingerprint density at radius 2 is 1.41 bits per heavy atom. The molecule has 0 nitrogen and oxygen atoms in total. The first-order valence-electron chi connectivity index (χ1n) is 7.97. The van der Waals surface area contributed by atoms with Crippen molar-refractivity contribution in [1.82, 2.24) is 0 Å². The summed E-state index contributed by atoms with van der Waals surface area (Å²) in [6.45, 7) is 4.60. The maximum atomic E-state index is 2.37. The summed E-state index contributed by atoms with van der Waals surface area (Å²) in [5, 5.41) is 0. The van der Waals surface area contributed by atoms with Gasteiger partial charge in [0.15, 0.2) is 0 Å². The van der Waals surface area contributed by atoms with Gasteiger partial charge in [-0.2, -0.15) is 0 Å². The molecule has 0 spiro atoms. The van der Waals surface area contributed by atoms with Crippen molar-refractivity contribution in [2.45, 2.75) is 26.7 Å². The quantitative estimate of drug-likeness (QED) is 0.493. The molecule has 3 aromatic rings. The van der Waals surface area contributed by atoms with E-state index in [-0.39, 0.29) is 0 Å². The van der Waals surface area contributed by atoms with Crippen LogP contribution >= 0.6 is 11.3 Å². The zero-order chi connectivity index (χ0) is 15.4. The van der Waals surface area contributed by atoms with Gasteiger partial charge in [-0.05, 0) is 41.5 Å². The van der Waals surface area contributed by atoms with E-state index in [2.05, 4.69) is 80.6 Å². The highest BCUT2D eigenvalue weighted by atomic mass is 32.1. The van der Waals surface area contributed by atoms with Gasteiger partial charge < -0.3 is 0 Å². The van der Waals surface area contributed by atoms with Gasteiger partial charge in [0.25, 0.3) is 0 Å². The number of aryl methyl sites for hydroxylation is 1. The van der Waals surface area contributed by atoms with Gasteiger partial charge in [0, 0.05) is 9.75 Å². The second kappa shape index (κ2) is 6.93. The molecule has 0 atom stereocenters. The van der Waals surface area contributed by atoms with E-state index in [1.807, 2.05) is 11.3 Å². The van der Waals surface area contributed by atoms with E-state index in [1.165, 1.54) is 39.3 Å². The van der Waals surface area contributed by atoms with Crippen LogP contribution in [-0.4, -0.2) is 0 Å². The van der Waals surface area contributed by atoms with Crippen LogP contribution in [0.3, 0.4) is 0 Å². The second-order valence-electron chi connectivity index (χ2n) is 6.11. The number of thiophene rings is 1. The molecule has 2 aromatic carbocycles. The molecule has 0 aliphatic rings. The van der Waals surface area contributed by atoms with Crippen molar-refractivity contribution in [3.05, 3.63) is 71.6 Å². The van der Waals surface area contributed by atoms with E-state index >= 15 is 0 Å². The number of hydrogen-bond donors (Lipinski definition) is 0. The summed E-state index contributed by atoms with van der Waals surface area (Å²) in [7, 11) is 0. The van der Waals surface area contributed by atoms with Crippen molar-refractivity contribution in [2.75, 3.05) is 0 Å². The van der Waals surface area contributed by atoms with Crippen molar-refractivity contribution in [2.24, 2.45) is 5.92 Å². The van der Waals surface area contributed by atoms with Gasteiger partial charge in [-0.15, -0.1) is 11.3 Å². The minimum atomic E-state index is 0.742. The first kappa shape index (κ1) is 15.1. The average molecular weight is 306 g/mol. The van der Waals surface area contributed by atoms with Crippen LogP contribution in [0.4, 0.5) is 0 Å². The smallest absolute Gasteiger partial charge is 0.0352 e. The Morgan fingerprint density at radius 3 is 2.00 bits per heavy atom. The molecule has 1 aromatic heterocycles. The van der Waals surface area contributed by atoms with Gasteiger partial charge in [-0.25, -0.2) is 0 Å². The third-order valence-corrected chi connectivity index (χ3v) is 5.14. The zero-order valence-corrected chi connectivity index (χ0v) is 14.1. The van der Waals surface area contributed by atoms with Gasteiger partial charge in [0.1, 0.15) is 0 Å². The van der Waals surface area contributed by atoms with Crippen molar-refractivity contribution in [3.8, 4) is 21.6 Å². The largest absolute Gasteiger partial charge is 0.140 e. The molecule has 0 fully saturated rings. The van der Waals surface area contributed by atoms with Crippen LogP contribution in [0.5, 0.6) is 0 Å². The van der Waals surface area contributed by atoms with Gasteiger partial charge in [0.2, 0.25) is 0 Å². The third-order valence-electron chi connectivity index (χ3n) is 3.90. The fraction of sp³-hybridized carbons (Fsp3) is 0.238. The molecule has 0 aliphatic heterocycles. The summed E-state index contributed by atoms with van der Waals surface area (Å²) >= 11 is 1.95. The Morgan fingerprint density at radius 1 is 0.818 bits per heavy atom. The van der Waals surface area contributed by atoms with E-state index in [9.17, 15) is 0 Å². The maximum absolute atomic E-state index is 2.37. The number of hydrogen-bond acceptors (Lipinski definition) is 1. The Kier molecular flexibility index (Phi) is 4.74. The molecule has 112 valence electrons. The lowest BCUT2D eigenvalue weighted by molar-refractivity contribution is 0.590. The summed E-state index contributed by atoms with van der Waals surface area (Å²) in [6.07, 6.45) is 2.41. The van der Waals surface area contributed by atoms with Crippen LogP contribution in [0.15, 0.2) is 66.7 Å². The molecule has 0 bridgehead atoms. The maximum Gasteiger partial charge on any atom is 0.0352 e. The van der Waals surface area contributed by atoms with Crippen LogP contribution < -0.4 is 0 Å². The minimum Gasteiger partial charge on any atom is -0.140 e. The molecule has 0 radical (unpaired) electrons. The van der Waals surface area contributed by atoms with Gasteiger partial charge in [0.05, 0.1) is 0 Å². The third kappa shape index (κ3) is 3.48. The molecule has 0 aliphatic carbocycles. The van der Waals surface area contributed by atoms with E-state index in [4.69, 9.17) is 0 Å². The molecule has 0 N–H and O–H groups in total. The zero-order valence-electron chi connectivity index (χ0n) is 13.3. The lowest BCUT2D eigenvalue weighted by atomic mass is 10.0. The molecular formula is C21H22S. The predicted molar refractivity (Wildman–Crippen MR) is 98.4 cm³/mol. The fourth-order valence-electron chi connectivity index (χ4n) is 2.64. The summed E-state index contributed by atoms with van der Waals surface area (Å²) in [6, 6.07) is 23.9. The highest BCUT2D eigenvalue weighted by Crippen LogP contribution is 2.38. The Hall–Kier alpha value is -1.86. The van der Waals surface area contributed by atoms with Crippen molar-refractivity contribution in [1.29, 1.82) is 0 Å². The SMILES string of the molecule is CC(C)CCc1sc(-c2ccccc2)cc1-c1ccccc1. The van der Waals surface area contributed by atoms with Crippen molar-refractivity contribution in [3.63, 3.8) is 0 Å². The van der Waals surface area contributed by atoms with Crippen LogP contribution in [0.25, 0.3) is 21.6 Å². The average Bonchev–Trinajstić information content (AvgIpc) is 2.99. The summed E-state index contributed by atoms with van der Waals surface area (Å²) in [5.74, 6) is 0.742. The Balaban J connectivity index is 2.01. The van der Waals surface area contributed by atoms with Gasteiger partial charge in [-0.3, -0.25) is 0 Å².